The fourth-order valence-corrected chi connectivity index (χ4v) is 3.27. The molecule has 1 fully saturated rings. The molecule has 1 heterocycles. The Balaban J connectivity index is 1.65. The molecule has 5 nitrogen and oxygen atoms in total. The van der Waals surface area contributed by atoms with Crippen LogP contribution in [0.2, 0.25) is 5.02 Å². The maximum absolute atomic E-state index is 12.5. The zero-order chi connectivity index (χ0) is 19.9. The molecule has 146 valence electrons. The third kappa shape index (κ3) is 5.27. The van der Waals surface area contributed by atoms with Gasteiger partial charge in [0.25, 0.3) is 0 Å². The second-order valence-corrected chi connectivity index (χ2v) is 7.13. The molecule has 0 bridgehead atoms. The number of carbonyl (C=O) groups excluding carboxylic acids is 1. The SMILES string of the molecule is NC(CCl)=Nc1cc(Cl)ccc1N1CCN(C(=O)C=Cc2ccccc2)CC1. The van der Waals surface area contributed by atoms with Crippen molar-refractivity contribution < 1.29 is 4.79 Å². The van der Waals surface area contributed by atoms with Gasteiger partial charge in [0.2, 0.25) is 5.91 Å². The highest BCUT2D eigenvalue weighted by molar-refractivity contribution is 6.31. The van der Waals surface area contributed by atoms with Crippen LogP contribution in [0.5, 0.6) is 0 Å². The van der Waals surface area contributed by atoms with E-state index < -0.39 is 0 Å². The van der Waals surface area contributed by atoms with E-state index in [1.807, 2.05) is 53.4 Å². The Morgan fingerprint density at radius 3 is 2.50 bits per heavy atom. The van der Waals surface area contributed by atoms with Gasteiger partial charge in [0, 0.05) is 37.3 Å². The topological polar surface area (TPSA) is 61.9 Å². The first kappa shape index (κ1) is 20.2. The molecule has 1 aliphatic heterocycles. The third-order valence-corrected chi connectivity index (χ3v) is 5.00. The Hall–Kier alpha value is -2.50. The monoisotopic (exact) mass is 416 g/mol. The molecule has 2 aromatic carbocycles. The number of benzene rings is 2. The molecule has 2 aromatic rings. The highest BCUT2D eigenvalue weighted by Gasteiger charge is 2.21. The molecule has 7 heteroatoms. The van der Waals surface area contributed by atoms with E-state index in [0.29, 0.717) is 42.7 Å². The number of alkyl halides is 1. The van der Waals surface area contributed by atoms with Crippen molar-refractivity contribution in [2.45, 2.75) is 0 Å². The van der Waals surface area contributed by atoms with Gasteiger partial charge in [-0.15, -0.1) is 11.6 Å². The Labute approximate surface area is 175 Å². The molecule has 1 aliphatic rings. The second-order valence-electron chi connectivity index (χ2n) is 6.43. The first-order valence-electron chi connectivity index (χ1n) is 9.02. The van der Waals surface area contributed by atoms with Crippen LogP contribution >= 0.6 is 23.2 Å². The van der Waals surface area contributed by atoms with Crippen LogP contribution in [0, 0.1) is 0 Å². The molecule has 3 rings (SSSR count). The molecule has 0 aromatic heterocycles. The maximum atomic E-state index is 12.5. The molecule has 0 atom stereocenters. The first-order valence-corrected chi connectivity index (χ1v) is 9.93. The average molecular weight is 417 g/mol. The number of rotatable bonds is 5. The first-order chi connectivity index (χ1) is 13.6. The predicted octanol–water partition coefficient (Wildman–Crippen LogP) is 3.93. The molecule has 0 unspecified atom stereocenters. The van der Waals surface area contributed by atoms with Crippen LogP contribution in [0.15, 0.2) is 59.6 Å². The van der Waals surface area contributed by atoms with Crippen molar-refractivity contribution in [1.82, 2.24) is 4.90 Å². The van der Waals surface area contributed by atoms with Crippen molar-refractivity contribution in [2.24, 2.45) is 10.7 Å². The van der Waals surface area contributed by atoms with E-state index in [1.165, 1.54) is 0 Å². The predicted molar refractivity (Wildman–Crippen MR) is 118 cm³/mol. The molecular formula is C21H22Cl2N4O. The van der Waals surface area contributed by atoms with E-state index in [9.17, 15) is 4.79 Å². The number of aliphatic imine (C=N–C) groups is 1. The van der Waals surface area contributed by atoms with Crippen molar-refractivity contribution in [1.29, 1.82) is 0 Å². The quantitative estimate of drug-likeness (QED) is 0.347. The number of hydrogen-bond donors (Lipinski definition) is 1. The normalized spacial score (nSPS) is 15.3. The zero-order valence-electron chi connectivity index (χ0n) is 15.4. The maximum Gasteiger partial charge on any atom is 0.246 e. The molecule has 1 amide bonds. The number of anilines is 1. The zero-order valence-corrected chi connectivity index (χ0v) is 16.9. The van der Waals surface area contributed by atoms with Gasteiger partial charge >= 0.3 is 0 Å². The summed E-state index contributed by atoms with van der Waals surface area (Å²) in [5, 5.41) is 0.588. The largest absolute Gasteiger partial charge is 0.386 e. The summed E-state index contributed by atoms with van der Waals surface area (Å²) in [6.45, 7) is 2.68. The van der Waals surface area contributed by atoms with Crippen molar-refractivity contribution >= 4 is 52.4 Å². The number of carbonyl (C=O) groups is 1. The van der Waals surface area contributed by atoms with Crippen LogP contribution < -0.4 is 10.6 Å². The number of nitrogens with two attached hydrogens (primary N) is 1. The molecule has 0 spiro atoms. The van der Waals surface area contributed by atoms with Crippen LogP contribution in [-0.4, -0.2) is 48.7 Å². The van der Waals surface area contributed by atoms with Crippen LogP contribution in [0.4, 0.5) is 11.4 Å². The Bertz CT molecular complexity index is 875. The average Bonchev–Trinajstić information content (AvgIpc) is 2.73. The summed E-state index contributed by atoms with van der Waals surface area (Å²) in [6.07, 6.45) is 3.47. The molecule has 0 saturated carbocycles. The summed E-state index contributed by atoms with van der Waals surface area (Å²) in [7, 11) is 0. The van der Waals surface area contributed by atoms with Crippen LogP contribution in [0.1, 0.15) is 5.56 Å². The lowest BCUT2D eigenvalue weighted by Crippen LogP contribution is -2.48. The fraction of sp³-hybridized carbons (Fsp3) is 0.238. The van der Waals surface area contributed by atoms with Crippen LogP contribution in [-0.2, 0) is 4.79 Å². The summed E-state index contributed by atoms with van der Waals surface area (Å²) < 4.78 is 0. The minimum absolute atomic E-state index is 0.0178. The molecular weight excluding hydrogens is 395 g/mol. The molecule has 1 saturated heterocycles. The minimum atomic E-state index is 0.0178. The lowest BCUT2D eigenvalue weighted by Gasteiger charge is -2.36. The van der Waals surface area contributed by atoms with Gasteiger partial charge in [0.15, 0.2) is 0 Å². The van der Waals surface area contributed by atoms with Gasteiger partial charge in [0.05, 0.1) is 17.3 Å². The lowest BCUT2D eigenvalue weighted by atomic mass is 10.2. The highest BCUT2D eigenvalue weighted by Crippen LogP contribution is 2.32. The van der Waals surface area contributed by atoms with Crippen molar-refractivity contribution in [3.05, 3.63) is 65.2 Å². The smallest absolute Gasteiger partial charge is 0.246 e. The Kier molecular flexibility index (Phi) is 6.95. The van der Waals surface area contributed by atoms with Gasteiger partial charge in [-0.2, -0.15) is 0 Å². The number of hydrogen-bond acceptors (Lipinski definition) is 3. The lowest BCUT2D eigenvalue weighted by molar-refractivity contribution is -0.126. The fourth-order valence-electron chi connectivity index (χ4n) is 3.04. The van der Waals surface area contributed by atoms with Crippen LogP contribution in [0.25, 0.3) is 6.08 Å². The Morgan fingerprint density at radius 2 is 1.82 bits per heavy atom. The number of nitrogens with zero attached hydrogens (tertiary/aromatic N) is 3. The van der Waals surface area contributed by atoms with E-state index in [2.05, 4.69) is 9.89 Å². The van der Waals surface area contributed by atoms with Gasteiger partial charge < -0.3 is 15.5 Å². The van der Waals surface area contributed by atoms with Gasteiger partial charge in [-0.05, 0) is 29.8 Å². The van der Waals surface area contributed by atoms with Gasteiger partial charge in [-0.3, -0.25) is 4.79 Å². The van der Waals surface area contributed by atoms with E-state index in [-0.39, 0.29) is 11.8 Å². The number of amidine groups is 1. The van der Waals surface area contributed by atoms with E-state index in [4.69, 9.17) is 28.9 Å². The van der Waals surface area contributed by atoms with Crippen molar-refractivity contribution in [2.75, 3.05) is 37.0 Å². The van der Waals surface area contributed by atoms with Crippen LogP contribution in [0.3, 0.4) is 0 Å². The summed E-state index contributed by atoms with van der Waals surface area (Å²) in [4.78, 5) is 20.9. The summed E-state index contributed by atoms with van der Waals surface area (Å²) in [6, 6.07) is 15.3. The second kappa shape index (κ2) is 9.62. The number of piperazine rings is 1. The highest BCUT2D eigenvalue weighted by atomic mass is 35.5. The van der Waals surface area contributed by atoms with E-state index in [1.54, 1.807) is 12.1 Å². The molecule has 28 heavy (non-hydrogen) atoms. The Morgan fingerprint density at radius 1 is 1.11 bits per heavy atom. The molecule has 0 aliphatic carbocycles. The minimum Gasteiger partial charge on any atom is -0.386 e. The van der Waals surface area contributed by atoms with E-state index in [0.717, 1.165) is 11.3 Å². The summed E-state index contributed by atoms with van der Waals surface area (Å²) >= 11 is 11.9. The molecule has 2 N–H and O–H groups in total. The number of halogens is 2. The van der Waals surface area contributed by atoms with Crippen molar-refractivity contribution in [3.63, 3.8) is 0 Å². The summed E-state index contributed by atoms with van der Waals surface area (Å²) in [5.41, 5.74) is 8.43. The number of amides is 1. The van der Waals surface area contributed by atoms with Crippen molar-refractivity contribution in [3.8, 4) is 0 Å². The molecule has 0 radical (unpaired) electrons. The third-order valence-electron chi connectivity index (χ3n) is 4.49. The van der Waals surface area contributed by atoms with Gasteiger partial charge in [-0.1, -0.05) is 41.9 Å². The van der Waals surface area contributed by atoms with Gasteiger partial charge in [0.1, 0.15) is 5.84 Å². The standard InChI is InChI=1S/C21H22Cl2N4O/c22-15-20(24)25-18-14-17(23)7-8-19(18)26-10-12-27(13-11-26)21(28)9-6-16-4-2-1-3-5-16/h1-9,14H,10-13,15H2,(H2,24,25). The van der Waals surface area contributed by atoms with Gasteiger partial charge in [-0.25, -0.2) is 4.99 Å². The summed E-state index contributed by atoms with van der Waals surface area (Å²) in [5.74, 6) is 0.511. The van der Waals surface area contributed by atoms with E-state index >= 15 is 0 Å².